The minimum Gasteiger partial charge on any atom is -0.489 e. The number of anilines is 1. The molecule has 5 rings (SSSR count). The molecular weight excluding hydrogens is 470 g/mol. The fourth-order valence-electron chi connectivity index (χ4n) is 4.62. The van der Waals surface area contributed by atoms with Crippen LogP contribution in [-0.4, -0.2) is 57.4 Å². The van der Waals surface area contributed by atoms with E-state index in [0.717, 1.165) is 24.8 Å². The number of carbonyl (C=O) groups is 2. The Kier molecular flexibility index (Phi) is 6.93. The summed E-state index contributed by atoms with van der Waals surface area (Å²) in [6.45, 7) is -0.0337. The van der Waals surface area contributed by atoms with Gasteiger partial charge in [0.15, 0.2) is 0 Å². The van der Waals surface area contributed by atoms with Crippen molar-refractivity contribution in [3.63, 3.8) is 0 Å². The highest BCUT2D eigenvalue weighted by Crippen LogP contribution is 2.32. The van der Waals surface area contributed by atoms with E-state index in [1.807, 2.05) is 30.3 Å². The normalized spacial score (nSPS) is 18.6. The van der Waals surface area contributed by atoms with Crippen molar-refractivity contribution in [2.45, 2.75) is 50.2 Å². The van der Waals surface area contributed by atoms with Gasteiger partial charge in [0.05, 0.1) is 5.69 Å². The Morgan fingerprint density at radius 3 is 2.78 bits per heavy atom. The van der Waals surface area contributed by atoms with Gasteiger partial charge in [0.2, 0.25) is 5.82 Å². The Morgan fingerprint density at radius 1 is 1.22 bits per heavy atom. The van der Waals surface area contributed by atoms with Gasteiger partial charge in [0.25, 0.3) is 11.8 Å². The average Bonchev–Trinajstić information content (AvgIpc) is 3.35. The highest BCUT2D eigenvalue weighted by atomic mass is 16.5. The number of aliphatic hydroxyl groups is 1. The third-order valence-corrected chi connectivity index (χ3v) is 6.73. The molecule has 3 aromatic rings. The van der Waals surface area contributed by atoms with Gasteiger partial charge < -0.3 is 20.1 Å². The third-order valence-electron chi connectivity index (χ3n) is 6.73. The van der Waals surface area contributed by atoms with Crippen molar-refractivity contribution in [3.05, 3.63) is 71.3 Å². The number of aromatic nitrogens is 3. The van der Waals surface area contributed by atoms with Gasteiger partial charge in [-0.05, 0) is 49.4 Å². The predicted octanol–water partition coefficient (Wildman–Crippen LogP) is 2.60. The summed E-state index contributed by atoms with van der Waals surface area (Å²) < 4.78 is 5.87. The van der Waals surface area contributed by atoms with Crippen LogP contribution in [-0.2, 0) is 11.2 Å². The predicted molar refractivity (Wildman–Crippen MR) is 137 cm³/mol. The minimum absolute atomic E-state index is 0.0337. The smallest absolute Gasteiger partial charge is 0.291 e. The number of amides is 2. The lowest BCUT2D eigenvalue weighted by molar-refractivity contribution is -0.120. The molecule has 37 heavy (non-hydrogen) atoms. The number of H-pyrrole nitrogens is 1. The van der Waals surface area contributed by atoms with E-state index in [9.17, 15) is 14.7 Å². The molecule has 2 aromatic carbocycles. The minimum atomic E-state index is -0.958. The summed E-state index contributed by atoms with van der Waals surface area (Å²) in [6.07, 6.45) is 4.91. The molecule has 1 saturated carbocycles. The number of nitrogens with one attached hydrogen (secondary N) is 2. The van der Waals surface area contributed by atoms with Crippen molar-refractivity contribution in [2.75, 3.05) is 18.6 Å². The van der Waals surface area contributed by atoms with Crippen LogP contribution in [0.25, 0.3) is 0 Å². The van der Waals surface area contributed by atoms with E-state index in [4.69, 9.17) is 4.74 Å². The zero-order chi connectivity index (χ0) is 25.8. The molecule has 1 atom stereocenters. The molecule has 9 nitrogen and oxygen atoms in total. The first kappa shape index (κ1) is 24.5. The van der Waals surface area contributed by atoms with Crippen molar-refractivity contribution >= 4 is 17.5 Å². The Balaban J connectivity index is 1.26. The van der Waals surface area contributed by atoms with Crippen LogP contribution in [0.3, 0.4) is 0 Å². The summed E-state index contributed by atoms with van der Waals surface area (Å²) in [5.41, 5.74) is 1.30. The van der Waals surface area contributed by atoms with E-state index < -0.39 is 17.6 Å². The molecule has 0 spiro atoms. The van der Waals surface area contributed by atoms with Gasteiger partial charge in [-0.3, -0.25) is 14.7 Å². The van der Waals surface area contributed by atoms with Gasteiger partial charge in [0, 0.05) is 19.0 Å². The topological polar surface area (TPSA) is 120 Å². The van der Waals surface area contributed by atoms with Gasteiger partial charge in [-0.15, -0.1) is 5.10 Å². The van der Waals surface area contributed by atoms with E-state index in [2.05, 4.69) is 32.3 Å². The SMILES string of the molecule is CN1C(=O)[C@@H](NC(=O)c2n[nH]c(Cc3ccccc3)n2)COc2ccc(C#CC3(O)CCCCC3)cc21. The maximum absolute atomic E-state index is 13.2. The zero-order valence-electron chi connectivity index (χ0n) is 20.7. The number of benzene rings is 2. The Hall–Kier alpha value is -4.16. The number of nitrogens with zero attached hydrogens (tertiary/aromatic N) is 3. The Bertz CT molecular complexity index is 1350. The van der Waals surface area contributed by atoms with Crippen molar-refractivity contribution in [2.24, 2.45) is 0 Å². The molecule has 3 N–H and O–H groups in total. The first-order valence-electron chi connectivity index (χ1n) is 12.5. The first-order valence-corrected chi connectivity index (χ1v) is 12.5. The van der Waals surface area contributed by atoms with Crippen LogP contribution >= 0.6 is 0 Å². The molecule has 190 valence electrons. The lowest BCUT2D eigenvalue weighted by Crippen LogP contribution is -2.49. The Labute approximate surface area is 215 Å². The second-order valence-corrected chi connectivity index (χ2v) is 9.53. The van der Waals surface area contributed by atoms with Gasteiger partial charge in [-0.1, -0.05) is 48.6 Å². The number of fused-ring (bicyclic) bond motifs is 1. The molecule has 2 aliphatic rings. The summed E-state index contributed by atoms with van der Waals surface area (Å²) in [4.78, 5) is 31.7. The molecule has 2 amide bonds. The molecule has 1 aliphatic heterocycles. The highest BCUT2D eigenvalue weighted by Gasteiger charge is 2.32. The summed E-state index contributed by atoms with van der Waals surface area (Å²) in [6, 6.07) is 14.1. The van der Waals surface area contributed by atoms with Crippen molar-refractivity contribution < 1.29 is 19.4 Å². The molecule has 2 heterocycles. The van der Waals surface area contributed by atoms with Gasteiger partial charge in [-0.2, -0.15) is 0 Å². The van der Waals surface area contributed by atoms with E-state index in [1.165, 1.54) is 4.90 Å². The molecule has 1 fully saturated rings. The van der Waals surface area contributed by atoms with Gasteiger partial charge in [-0.25, -0.2) is 4.98 Å². The van der Waals surface area contributed by atoms with E-state index >= 15 is 0 Å². The molecule has 0 saturated heterocycles. The monoisotopic (exact) mass is 499 g/mol. The van der Waals surface area contributed by atoms with Crippen LogP contribution in [0.15, 0.2) is 48.5 Å². The number of likely N-dealkylation sites (N-methyl/N-ethyl adjacent to an activating group) is 1. The van der Waals surface area contributed by atoms with Crippen molar-refractivity contribution in [1.29, 1.82) is 0 Å². The van der Waals surface area contributed by atoms with E-state index in [0.29, 0.717) is 42.1 Å². The molecular formula is C28H29N5O4. The average molecular weight is 500 g/mol. The quantitative estimate of drug-likeness (QED) is 0.475. The second kappa shape index (κ2) is 10.4. The van der Waals surface area contributed by atoms with Crippen molar-refractivity contribution in [3.8, 4) is 17.6 Å². The second-order valence-electron chi connectivity index (χ2n) is 9.53. The number of rotatable bonds is 4. The van der Waals surface area contributed by atoms with Crippen LogP contribution in [0, 0.1) is 11.8 Å². The van der Waals surface area contributed by atoms with Gasteiger partial charge in [0.1, 0.15) is 29.8 Å². The number of aromatic amines is 1. The van der Waals surface area contributed by atoms with Gasteiger partial charge >= 0.3 is 0 Å². The lowest BCUT2D eigenvalue weighted by Gasteiger charge is -2.26. The molecule has 9 heteroatoms. The maximum Gasteiger partial charge on any atom is 0.291 e. The van der Waals surface area contributed by atoms with Crippen LogP contribution in [0.1, 0.15) is 59.7 Å². The number of carbonyl (C=O) groups excluding carboxylic acids is 2. The van der Waals surface area contributed by atoms with Crippen molar-refractivity contribution in [1.82, 2.24) is 20.5 Å². The van der Waals surface area contributed by atoms with Crippen LogP contribution in [0.2, 0.25) is 0 Å². The highest BCUT2D eigenvalue weighted by molar-refractivity contribution is 6.02. The summed E-state index contributed by atoms with van der Waals surface area (Å²) in [5.74, 6) is 6.21. The Morgan fingerprint density at radius 2 is 2.00 bits per heavy atom. The largest absolute Gasteiger partial charge is 0.489 e. The molecule has 0 bridgehead atoms. The molecule has 0 radical (unpaired) electrons. The third kappa shape index (κ3) is 5.65. The fraction of sp³-hybridized carbons (Fsp3) is 0.357. The number of hydrogen-bond donors (Lipinski definition) is 3. The maximum atomic E-state index is 13.2. The van der Waals surface area contributed by atoms with Crippen LogP contribution in [0.4, 0.5) is 5.69 Å². The lowest BCUT2D eigenvalue weighted by atomic mass is 9.85. The van der Waals surface area contributed by atoms with Crippen LogP contribution < -0.4 is 15.0 Å². The fourth-order valence-corrected chi connectivity index (χ4v) is 4.62. The summed E-state index contributed by atoms with van der Waals surface area (Å²) >= 11 is 0. The van der Waals surface area contributed by atoms with Crippen LogP contribution in [0.5, 0.6) is 5.75 Å². The van der Waals surface area contributed by atoms with E-state index in [-0.39, 0.29) is 18.3 Å². The molecule has 1 aliphatic carbocycles. The number of ether oxygens (including phenoxy) is 1. The summed E-state index contributed by atoms with van der Waals surface area (Å²) in [5, 5.41) is 20.2. The molecule has 0 unspecified atom stereocenters. The zero-order valence-corrected chi connectivity index (χ0v) is 20.7. The standard InChI is InChI=1S/C28H29N5O4/c1-33-22-16-20(12-15-28(36)13-6-3-7-14-28)10-11-23(22)37-18-21(27(33)35)29-26(34)25-30-24(31-32-25)17-19-8-4-2-5-9-19/h2,4-5,8-11,16,21,36H,3,6-7,13-14,17-18H2,1H3,(H,29,34)(H,30,31,32)/t21-/m0/s1. The number of hydrogen-bond acceptors (Lipinski definition) is 6. The first-order chi connectivity index (χ1) is 17.9. The van der Waals surface area contributed by atoms with E-state index in [1.54, 1.807) is 25.2 Å². The summed E-state index contributed by atoms with van der Waals surface area (Å²) in [7, 11) is 1.63. The molecule has 1 aromatic heterocycles.